The zero-order valence-corrected chi connectivity index (χ0v) is 12.6. The lowest BCUT2D eigenvalue weighted by molar-refractivity contribution is -0.180. The normalized spacial score (nSPS) is 30.5. The molecule has 1 heterocycles. The molecule has 1 fully saturated rings. The summed E-state index contributed by atoms with van der Waals surface area (Å²) in [7, 11) is -1.16. The van der Waals surface area contributed by atoms with E-state index in [9.17, 15) is 9.90 Å². The highest BCUT2D eigenvalue weighted by Crippen LogP contribution is 2.32. The Hall–Kier alpha value is -0.393. The first-order valence-corrected chi connectivity index (χ1v) is 9.00. The lowest BCUT2D eigenvalue weighted by Crippen LogP contribution is -2.48. The van der Waals surface area contributed by atoms with Gasteiger partial charge in [-0.25, -0.2) is 0 Å². The molecule has 3 atom stereocenters. The predicted octanol–water partition coefficient (Wildman–Crippen LogP) is 1.33. The highest BCUT2D eigenvalue weighted by atomic mass is 28.3. The van der Waals surface area contributed by atoms with Gasteiger partial charge in [0.15, 0.2) is 9.04 Å². The Morgan fingerprint density at radius 1 is 1.47 bits per heavy atom. The van der Waals surface area contributed by atoms with E-state index in [1.165, 1.54) is 0 Å². The fraction of sp³-hybridized carbons (Fsp3) is 0.917. The molecule has 1 N–H and O–H groups in total. The van der Waals surface area contributed by atoms with Crippen LogP contribution in [0.1, 0.15) is 27.2 Å². The summed E-state index contributed by atoms with van der Waals surface area (Å²) in [5.74, 6) is -0.832. The third-order valence-corrected chi connectivity index (χ3v) is 3.92. The number of aliphatic hydroxyl groups is 1. The summed E-state index contributed by atoms with van der Waals surface area (Å²) in [4.78, 5) is 11.8. The molecule has 1 aliphatic heterocycles. The Labute approximate surface area is 105 Å². The van der Waals surface area contributed by atoms with Gasteiger partial charge in [0.2, 0.25) is 0 Å². The molecule has 1 rings (SSSR count). The van der Waals surface area contributed by atoms with Crippen molar-refractivity contribution in [2.45, 2.75) is 52.5 Å². The maximum atomic E-state index is 11.8. The summed E-state index contributed by atoms with van der Waals surface area (Å²) in [5.41, 5.74) is -0.130. The first-order valence-electron chi connectivity index (χ1n) is 6.22. The van der Waals surface area contributed by atoms with E-state index in [1.807, 2.05) is 33.9 Å². The van der Waals surface area contributed by atoms with Crippen molar-refractivity contribution in [1.29, 1.82) is 0 Å². The monoisotopic (exact) mass is 260 g/mol. The number of hydrogen-bond donors (Lipinski definition) is 1. The van der Waals surface area contributed by atoms with Crippen molar-refractivity contribution in [2.75, 3.05) is 6.61 Å². The number of carbonyl (C=O) groups excluding carboxylic acids is 1. The van der Waals surface area contributed by atoms with E-state index in [0.29, 0.717) is 13.0 Å². The van der Waals surface area contributed by atoms with E-state index in [-0.39, 0.29) is 17.5 Å². The average Bonchev–Trinajstić information content (AvgIpc) is 2.14. The van der Waals surface area contributed by atoms with Crippen molar-refractivity contribution < 1.29 is 19.1 Å². The Kier molecular flexibility index (Phi) is 4.74. The number of esters is 1. The average molecular weight is 260 g/mol. The maximum Gasteiger partial charge on any atom is 0.314 e. The molecule has 0 radical (unpaired) electrons. The number of carbonyl (C=O) groups is 1. The van der Waals surface area contributed by atoms with Gasteiger partial charge in [0.25, 0.3) is 0 Å². The van der Waals surface area contributed by atoms with E-state index in [1.54, 1.807) is 0 Å². The number of cyclic esters (lactones) is 1. The first kappa shape index (κ1) is 14.7. The standard InChI is InChI=1S/C12H24O4Si/c1-12(2,3)10-6-9(13)8(11(14)16-10)7-15-17(4)5/h8-10,13,17H,6-7H2,1-5H3. The molecule has 0 aliphatic carbocycles. The van der Waals surface area contributed by atoms with Crippen molar-refractivity contribution in [1.82, 2.24) is 0 Å². The van der Waals surface area contributed by atoms with Crippen molar-refractivity contribution >= 4 is 15.0 Å². The van der Waals surface area contributed by atoms with Crippen LogP contribution in [0.3, 0.4) is 0 Å². The highest BCUT2D eigenvalue weighted by molar-refractivity contribution is 6.48. The van der Waals surface area contributed by atoms with Gasteiger partial charge < -0.3 is 14.3 Å². The molecular formula is C12H24O4Si. The molecule has 5 heteroatoms. The van der Waals surface area contributed by atoms with Crippen LogP contribution in [-0.2, 0) is 14.0 Å². The van der Waals surface area contributed by atoms with E-state index >= 15 is 0 Å². The third kappa shape index (κ3) is 4.08. The van der Waals surface area contributed by atoms with E-state index in [4.69, 9.17) is 9.16 Å². The number of hydrogen-bond acceptors (Lipinski definition) is 4. The van der Waals surface area contributed by atoms with Gasteiger partial charge in [-0.1, -0.05) is 20.8 Å². The second-order valence-electron chi connectivity index (χ2n) is 6.08. The summed E-state index contributed by atoms with van der Waals surface area (Å²) in [6.45, 7) is 10.4. The second kappa shape index (κ2) is 5.50. The largest absolute Gasteiger partial charge is 0.461 e. The molecule has 0 amide bonds. The van der Waals surface area contributed by atoms with E-state index in [0.717, 1.165) is 0 Å². The lowest BCUT2D eigenvalue weighted by Gasteiger charge is -2.38. The predicted molar refractivity (Wildman–Crippen MR) is 68.3 cm³/mol. The summed E-state index contributed by atoms with van der Waals surface area (Å²) in [6.07, 6.45) is -0.353. The fourth-order valence-corrected chi connectivity index (χ4v) is 2.41. The number of rotatable bonds is 3. The molecule has 100 valence electrons. The second-order valence-corrected chi connectivity index (χ2v) is 8.51. The SMILES string of the molecule is C[SiH](C)OCC1C(=O)OC(C(C)(C)C)CC1O. The molecule has 1 aliphatic rings. The molecular weight excluding hydrogens is 236 g/mol. The van der Waals surface area contributed by atoms with Crippen LogP contribution in [0.15, 0.2) is 0 Å². The van der Waals surface area contributed by atoms with Crippen molar-refractivity contribution in [3.63, 3.8) is 0 Å². The molecule has 1 saturated heterocycles. The van der Waals surface area contributed by atoms with Gasteiger partial charge in [0, 0.05) is 13.0 Å². The van der Waals surface area contributed by atoms with Gasteiger partial charge in [0.1, 0.15) is 12.0 Å². The van der Waals surface area contributed by atoms with Gasteiger partial charge in [-0.3, -0.25) is 4.79 Å². The summed E-state index contributed by atoms with van der Waals surface area (Å²) in [6, 6.07) is 0. The minimum atomic E-state index is -1.16. The smallest absolute Gasteiger partial charge is 0.314 e. The zero-order valence-electron chi connectivity index (χ0n) is 11.4. The minimum Gasteiger partial charge on any atom is -0.461 e. The molecule has 0 bridgehead atoms. The third-order valence-electron chi connectivity index (χ3n) is 3.06. The van der Waals surface area contributed by atoms with Crippen LogP contribution in [0.2, 0.25) is 13.1 Å². The number of aliphatic hydroxyl groups excluding tert-OH is 1. The van der Waals surface area contributed by atoms with Crippen LogP contribution in [-0.4, -0.2) is 38.9 Å². The van der Waals surface area contributed by atoms with Crippen LogP contribution in [0.4, 0.5) is 0 Å². The number of ether oxygens (including phenoxy) is 1. The zero-order chi connectivity index (χ0) is 13.2. The van der Waals surface area contributed by atoms with Crippen molar-refractivity contribution in [2.24, 2.45) is 11.3 Å². The Bertz CT molecular complexity index is 272. The van der Waals surface area contributed by atoms with E-state index in [2.05, 4.69) is 0 Å². The van der Waals surface area contributed by atoms with Crippen LogP contribution in [0.5, 0.6) is 0 Å². The van der Waals surface area contributed by atoms with Gasteiger partial charge >= 0.3 is 5.97 Å². The van der Waals surface area contributed by atoms with Crippen molar-refractivity contribution in [3.8, 4) is 0 Å². The van der Waals surface area contributed by atoms with Gasteiger partial charge in [-0.05, 0) is 18.5 Å². The summed E-state index contributed by atoms with van der Waals surface area (Å²) < 4.78 is 10.9. The molecule has 0 saturated carbocycles. The van der Waals surface area contributed by atoms with Crippen LogP contribution in [0, 0.1) is 11.3 Å². The molecule has 0 aromatic rings. The molecule has 17 heavy (non-hydrogen) atoms. The molecule has 4 nitrogen and oxygen atoms in total. The van der Waals surface area contributed by atoms with Crippen LogP contribution in [0.25, 0.3) is 0 Å². The Morgan fingerprint density at radius 2 is 2.06 bits per heavy atom. The molecule has 3 unspecified atom stereocenters. The Balaban J connectivity index is 2.59. The minimum absolute atomic E-state index is 0.130. The van der Waals surface area contributed by atoms with Crippen molar-refractivity contribution in [3.05, 3.63) is 0 Å². The highest BCUT2D eigenvalue weighted by Gasteiger charge is 2.41. The maximum absolute atomic E-state index is 11.8. The lowest BCUT2D eigenvalue weighted by atomic mass is 9.81. The summed E-state index contributed by atoms with van der Waals surface area (Å²) in [5, 5.41) is 10.0. The van der Waals surface area contributed by atoms with Gasteiger partial charge in [-0.15, -0.1) is 0 Å². The van der Waals surface area contributed by atoms with E-state index < -0.39 is 21.1 Å². The Morgan fingerprint density at radius 3 is 2.47 bits per heavy atom. The van der Waals surface area contributed by atoms with Gasteiger partial charge in [-0.2, -0.15) is 0 Å². The molecule has 0 spiro atoms. The topological polar surface area (TPSA) is 55.8 Å². The van der Waals surface area contributed by atoms with Crippen LogP contribution < -0.4 is 0 Å². The van der Waals surface area contributed by atoms with Crippen LogP contribution >= 0.6 is 0 Å². The quantitative estimate of drug-likeness (QED) is 0.614. The fourth-order valence-electron chi connectivity index (χ4n) is 1.82. The summed E-state index contributed by atoms with van der Waals surface area (Å²) >= 11 is 0. The van der Waals surface area contributed by atoms with Gasteiger partial charge in [0.05, 0.1) is 6.10 Å². The molecule has 0 aromatic heterocycles. The first-order chi connectivity index (χ1) is 7.71. The molecule has 0 aromatic carbocycles.